The zero-order valence-electron chi connectivity index (χ0n) is 12.9. The molecule has 0 aliphatic rings. The molecule has 2 nitrogen and oxygen atoms in total. The third kappa shape index (κ3) is 3.36. The van der Waals surface area contributed by atoms with E-state index in [1.807, 2.05) is 49.4 Å². The Morgan fingerprint density at radius 3 is 2.39 bits per heavy atom. The van der Waals surface area contributed by atoms with Crippen molar-refractivity contribution in [3.05, 3.63) is 94.7 Å². The Balaban J connectivity index is 2.58. The van der Waals surface area contributed by atoms with Gasteiger partial charge in [0, 0.05) is 6.20 Å². The van der Waals surface area contributed by atoms with Crippen LogP contribution < -0.4 is 5.73 Å². The second kappa shape index (κ2) is 7.00. The second-order valence-electron chi connectivity index (χ2n) is 5.18. The number of allylic oxidation sites excluding steroid dienone is 2. The molecular weight excluding hydrogens is 304 g/mol. The average Bonchev–Trinajstić information content (AvgIpc) is 2.59. The maximum Gasteiger partial charge on any atom is 0.0998 e. The van der Waals surface area contributed by atoms with Gasteiger partial charge in [-0.05, 0) is 46.4 Å². The highest BCUT2D eigenvalue weighted by Gasteiger charge is 2.14. The monoisotopic (exact) mass is 320 g/mol. The minimum atomic E-state index is 0.384. The minimum Gasteiger partial charge on any atom is -0.403 e. The molecule has 0 spiro atoms. The van der Waals surface area contributed by atoms with E-state index in [-0.39, 0.29) is 0 Å². The van der Waals surface area contributed by atoms with E-state index < -0.39 is 0 Å². The van der Waals surface area contributed by atoms with Crippen molar-refractivity contribution in [1.82, 2.24) is 0 Å². The molecule has 0 heterocycles. The Labute approximate surface area is 141 Å². The molecule has 2 rings (SSSR count). The zero-order chi connectivity index (χ0) is 17.0. The summed E-state index contributed by atoms with van der Waals surface area (Å²) >= 11 is 6.11. The van der Waals surface area contributed by atoms with Gasteiger partial charge in [0.1, 0.15) is 0 Å². The molecule has 0 aliphatic heterocycles. The van der Waals surface area contributed by atoms with Crippen LogP contribution in [0.4, 0.5) is 0 Å². The lowest BCUT2D eigenvalue weighted by Crippen LogP contribution is -1.97. The number of hydrogen-bond donors (Lipinski definition) is 1. The molecule has 3 heteroatoms. The molecule has 0 fully saturated rings. The lowest BCUT2D eigenvalue weighted by Gasteiger charge is -2.15. The molecule has 114 valence electrons. The summed E-state index contributed by atoms with van der Waals surface area (Å²) in [6.45, 7) is 10.1. The summed E-state index contributed by atoms with van der Waals surface area (Å²) < 4.78 is 0. The fourth-order valence-corrected chi connectivity index (χ4v) is 2.50. The van der Waals surface area contributed by atoms with Gasteiger partial charge in [-0.1, -0.05) is 61.2 Å². The Bertz CT molecular complexity index is 854. The van der Waals surface area contributed by atoms with Gasteiger partial charge < -0.3 is 5.73 Å². The van der Waals surface area contributed by atoms with Crippen LogP contribution in [0, 0.1) is 18.3 Å². The predicted molar refractivity (Wildman–Crippen MR) is 97.6 cm³/mol. The maximum absolute atomic E-state index is 9.39. The Morgan fingerprint density at radius 1 is 1.13 bits per heavy atom. The van der Waals surface area contributed by atoms with E-state index in [2.05, 4.69) is 19.2 Å². The molecule has 2 N–H and O–H groups in total. The van der Waals surface area contributed by atoms with Crippen LogP contribution in [0.1, 0.15) is 27.8 Å². The van der Waals surface area contributed by atoms with Gasteiger partial charge in [-0.3, -0.25) is 0 Å². The topological polar surface area (TPSA) is 49.8 Å². The first-order valence-electron chi connectivity index (χ1n) is 7.06. The highest BCUT2D eigenvalue weighted by atomic mass is 35.5. The quantitative estimate of drug-likeness (QED) is 0.808. The van der Waals surface area contributed by atoms with Crippen LogP contribution >= 0.6 is 11.6 Å². The highest BCUT2D eigenvalue weighted by molar-refractivity contribution is 6.36. The lowest BCUT2D eigenvalue weighted by molar-refractivity contribution is 1.39. The smallest absolute Gasteiger partial charge is 0.0998 e. The number of nitrogens with zero attached hydrogens (tertiary/aromatic N) is 1. The molecule has 0 bridgehead atoms. The normalized spacial score (nSPS) is 10.9. The molecule has 0 aliphatic carbocycles. The number of benzene rings is 2. The van der Waals surface area contributed by atoms with Crippen LogP contribution in [0.5, 0.6) is 0 Å². The van der Waals surface area contributed by atoms with Crippen LogP contribution in [-0.4, -0.2) is 0 Å². The third-order valence-electron chi connectivity index (χ3n) is 3.63. The van der Waals surface area contributed by atoms with Crippen LogP contribution in [0.25, 0.3) is 11.1 Å². The number of nitriles is 1. The van der Waals surface area contributed by atoms with Crippen LogP contribution in [0.3, 0.4) is 0 Å². The molecule has 0 amide bonds. The van der Waals surface area contributed by atoms with E-state index in [0.717, 1.165) is 27.8 Å². The standard InChI is InChI=1S/C20H17ClN2/c1-13-8-9-17(16(10-13)11-22)14(2)18-6-4-5-7-19(18)15(3)20(21)12-23/h4-10,12H,2-3,23H2,1H3/b20-12-. The van der Waals surface area contributed by atoms with Gasteiger partial charge in [-0.2, -0.15) is 5.26 Å². The van der Waals surface area contributed by atoms with Crippen LogP contribution in [-0.2, 0) is 0 Å². The van der Waals surface area contributed by atoms with Crippen molar-refractivity contribution in [3.63, 3.8) is 0 Å². The zero-order valence-corrected chi connectivity index (χ0v) is 13.7. The van der Waals surface area contributed by atoms with Crippen molar-refractivity contribution in [2.45, 2.75) is 6.92 Å². The summed E-state index contributed by atoms with van der Waals surface area (Å²) in [7, 11) is 0. The van der Waals surface area contributed by atoms with Gasteiger partial charge >= 0.3 is 0 Å². The van der Waals surface area contributed by atoms with Gasteiger partial charge in [0.25, 0.3) is 0 Å². The van der Waals surface area contributed by atoms with E-state index >= 15 is 0 Å². The molecule has 23 heavy (non-hydrogen) atoms. The van der Waals surface area contributed by atoms with Crippen molar-refractivity contribution >= 4 is 22.7 Å². The molecule has 0 atom stereocenters. The van der Waals surface area contributed by atoms with E-state index in [9.17, 15) is 5.26 Å². The molecular formula is C20H17ClN2. The molecule has 2 aromatic carbocycles. The number of aryl methyl sites for hydroxylation is 1. The van der Waals surface area contributed by atoms with E-state index in [1.54, 1.807) is 0 Å². The lowest BCUT2D eigenvalue weighted by atomic mass is 9.89. The summed E-state index contributed by atoms with van der Waals surface area (Å²) in [5, 5.41) is 9.77. The minimum absolute atomic E-state index is 0.384. The number of rotatable bonds is 4. The molecule has 0 aromatic heterocycles. The number of nitrogens with two attached hydrogens (primary N) is 1. The molecule has 0 radical (unpaired) electrons. The fraction of sp³-hybridized carbons (Fsp3) is 0.0500. The SMILES string of the molecule is C=C(/C(Cl)=C/N)c1ccccc1C(=C)c1ccc(C)cc1C#N. The molecule has 0 unspecified atom stereocenters. The van der Waals surface area contributed by atoms with Crippen molar-refractivity contribution in [3.8, 4) is 6.07 Å². The molecule has 0 saturated carbocycles. The average molecular weight is 321 g/mol. The van der Waals surface area contributed by atoms with Crippen LogP contribution in [0.15, 0.2) is 66.9 Å². The van der Waals surface area contributed by atoms with Crippen LogP contribution in [0.2, 0.25) is 0 Å². The third-order valence-corrected chi connectivity index (χ3v) is 3.99. The summed E-state index contributed by atoms with van der Waals surface area (Å²) in [5.41, 5.74) is 11.0. The first kappa shape index (κ1) is 16.6. The Hall–Kier alpha value is -2.76. The van der Waals surface area contributed by atoms with Crippen molar-refractivity contribution < 1.29 is 0 Å². The van der Waals surface area contributed by atoms with Gasteiger partial charge in [0.2, 0.25) is 0 Å². The van der Waals surface area contributed by atoms with Gasteiger partial charge in [0.15, 0.2) is 0 Å². The van der Waals surface area contributed by atoms with E-state index in [1.165, 1.54) is 6.20 Å². The molecule has 2 aromatic rings. The van der Waals surface area contributed by atoms with Crippen molar-refractivity contribution in [1.29, 1.82) is 5.26 Å². The first-order chi connectivity index (χ1) is 11.0. The van der Waals surface area contributed by atoms with E-state index in [4.69, 9.17) is 17.3 Å². The largest absolute Gasteiger partial charge is 0.403 e. The summed E-state index contributed by atoms with van der Waals surface area (Å²) in [5.74, 6) is 0. The summed E-state index contributed by atoms with van der Waals surface area (Å²) in [4.78, 5) is 0. The fourth-order valence-electron chi connectivity index (χ4n) is 2.40. The predicted octanol–water partition coefficient (Wildman–Crippen LogP) is 4.98. The second-order valence-corrected chi connectivity index (χ2v) is 5.59. The number of hydrogen-bond acceptors (Lipinski definition) is 2. The molecule has 0 saturated heterocycles. The first-order valence-corrected chi connectivity index (χ1v) is 7.44. The summed E-state index contributed by atoms with van der Waals surface area (Å²) in [6, 6.07) is 15.6. The highest BCUT2D eigenvalue weighted by Crippen LogP contribution is 2.33. The van der Waals surface area contributed by atoms with Gasteiger partial charge in [0.05, 0.1) is 16.7 Å². The Morgan fingerprint density at radius 2 is 1.78 bits per heavy atom. The Kier molecular flexibility index (Phi) is 5.05. The van der Waals surface area contributed by atoms with Gasteiger partial charge in [-0.25, -0.2) is 0 Å². The van der Waals surface area contributed by atoms with E-state index in [0.29, 0.717) is 16.2 Å². The maximum atomic E-state index is 9.39. The van der Waals surface area contributed by atoms with Crippen molar-refractivity contribution in [2.75, 3.05) is 0 Å². The number of halogens is 1. The summed E-state index contributed by atoms with van der Waals surface area (Å²) in [6.07, 6.45) is 1.32. The van der Waals surface area contributed by atoms with Gasteiger partial charge in [-0.15, -0.1) is 0 Å². The van der Waals surface area contributed by atoms with Crippen molar-refractivity contribution in [2.24, 2.45) is 5.73 Å².